The molecule has 1 fully saturated rings. The van der Waals surface area contributed by atoms with Gasteiger partial charge in [-0.2, -0.15) is 0 Å². The molecule has 10 heteroatoms. The Morgan fingerprint density at radius 1 is 1.41 bits per heavy atom. The van der Waals surface area contributed by atoms with Crippen molar-refractivity contribution in [3.8, 4) is 0 Å². The highest BCUT2D eigenvalue weighted by molar-refractivity contribution is 5.96. The Balaban J connectivity index is 1.75. The van der Waals surface area contributed by atoms with Crippen molar-refractivity contribution in [2.24, 2.45) is 0 Å². The Hall–Kier alpha value is -2.78. The van der Waals surface area contributed by atoms with Crippen LogP contribution < -0.4 is 5.32 Å². The number of nitrogens with zero attached hydrogens (tertiary/aromatic N) is 5. The van der Waals surface area contributed by atoms with Gasteiger partial charge >= 0.3 is 0 Å². The zero-order chi connectivity index (χ0) is 19.7. The minimum absolute atomic E-state index is 0.00293. The molecule has 0 bridgehead atoms. The van der Waals surface area contributed by atoms with Gasteiger partial charge in [-0.3, -0.25) is 9.59 Å². The van der Waals surface area contributed by atoms with E-state index in [1.165, 1.54) is 15.8 Å². The van der Waals surface area contributed by atoms with Crippen LogP contribution in [0.2, 0.25) is 0 Å². The topological polar surface area (TPSA) is 106 Å². The zero-order valence-corrected chi connectivity index (χ0v) is 15.8. The molecule has 0 unspecified atom stereocenters. The number of amides is 2. The SMILES string of the molecule is Cc1noc(C)c1C(=O)N1C[C@@H](F)C[C@H]1Cn1cc(C(=O)NC(C)C)nn1. The predicted molar refractivity (Wildman–Crippen MR) is 92.9 cm³/mol. The summed E-state index contributed by atoms with van der Waals surface area (Å²) in [6.07, 6.45) is 0.580. The van der Waals surface area contributed by atoms with Gasteiger partial charge in [-0.15, -0.1) is 5.10 Å². The number of nitrogens with one attached hydrogen (secondary N) is 1. The summed E-state index contributed by atoms with van der Waals surface area (Å²) in [4.78, 5) is 26.4. The van der Waals surface area contributed by atoms with Crippen LogP contribution in [-0.2, 0) is 6.54 Å². The summed E-state index contributed by atoms with van der Waals surface area (Å²) >= 11 is 0. The number of aryl methyl sites for hydroxylation is 2. The molecule has 0 spiro atoms. The third-order valence-corrected chi connectivity index (χ3v) is 4.46. The van der Waals surface area contributed by atoms with Crippen LogP contribution in [0.1, 0.15) is 52.6 Å². The Morgan fingerprint density at radius 3 is 2.78 bits per heavy atom. The highest BCUT2D eigenvalue weighted by Gasteiger charge is 2.38. The van der Waals surface area contributed by atoms with E-state index < -0.39 is 12.2 Å². The fourth-order valence-electron chi connectivity index (χ4n) is 3.26. The van der Waals surface area contributed by atoms with Crippen LogP contribution in [0.3, 0.4) is 0 Å². The zero-order valence-electron chi connectivity index (χ0n) is 15.8. The van der Waals surface area contributed by atoms with E-state index in [2.05, 4.69) is 20.8 Å². The molecule has 0 saturated carbocycles. The fraction of sp³-hybridized carbons (Fsp3) is 0.588. The second-order valence-corrected chi connectivity index (χ2v) is 7.10. The van der Waals surface area contributed by atoms with Gasteiger partial charge in [0.05, 0.1) is 31.0 Å². The second-order valence-electron chi connectivity index (χ2n) is 7.10. The van der Waals surface area contributed by atoms with E-state index in [1.54, 1.807) is 13.8 Å². The predicted octanol–water partition coefficient (Wildman–Crippen LogP) is 1.27. The van der Waals surface area contributed by atoms with E-state index in [0.717, 1.165) is 0 Å². The van der Waals surface area contributed by atoms with Crippen LogP contribution in [0.25, 0.3) is 0 Å². The molecule has 1 saturated heterocycles. The van der Waals surface area contributed by atoms with Crippen molar-refractivity contribution in [2.45, 2.75) is 58.9 Å². The van der Waals surface area contributed by atoms with E-state index >= 15 is 0 Å². The molecule has 1 aliphatic rings. The van der Waals surface area contributed by atoms with E-state index in [1.807, 2.05) is 13.8 Å². The first-order chi connectivity index (χ1) is 12.8. The highest BCUT2D eigenvalue weighted by Crippen LogP contribution is 2.26. The van der Waals surface area contributed by atoms with Gasteiger partial charge in [-0.25, -0.2) is 9.07 Å². The first kappa shape index (κ1) is 19.0. The summed E-state index contributed by atoms with van der Waals surface area (Å²) in [6, 6.07) is -0.420. The van der Waals surface area contributed by atoms with Gasteiger partial charge in [0.2, 0.25) is 0 Å². The number of rotatable bonds is 5. The first-order valence-corrected chi connectivity index (χ1v) is 8.85. The molecule has 2 amide bonds. The Kier molecular flexibility index (Phi) is 5.24. The number of alkyl halides is 1. The monoisotopic (exact) mass is 378 g/mol. The van der Waals surface area contributed by atoms with Gasteiger partial charge in [0.15, 0.2) is 5.69 Å². The van der Waals surface area contributed by atoms with E-state index in [4.69, 9.17) is 4.52 Å². The number of carbonyl (C=O) groups excluding carboxylic acids is 2. The maximum atomic E-state index is 14.1. The van der Waals surface area contributed by atoms with Gasteiger partial charge in [0, 0.05) is 12.5 Å². The summed E-state index contributed by atoms with van der Waals surface area (Å²) in [7, 11) is 0. The lowest BCUT2D eigenvalue weighted by atomic mass is 10.1. The normalized spacial score (nSPS) is 19.7. The summed E-state index contributed by atoms with van der Waals surface area (Å²) in [5.74, 6) is -0.226. The molecule has 27 heavy (non-hydrogen) atoms. The highest BCUT2D eigenvalue weighted by atomic mass is 19.1. The second kappa shape index (κ2) is 7.45. The van der Waals surface area contributed by atoms with Crippen molar-refractivity contribution < 1.29 is 18.5 Å². The lowest BCUT2D eigenvalue weighted by molar-refractivity contribution is 0.0711. The summed E-state index contributed by atoms with van der Waals surface area (Å²) in [5.41, 5.74) is 1.03. The van der Waals surface area contributed by atoms with Crippen LogP contribution in [0.4, 0.5) is 4.39 Å². The number of hydrogen-bond donors (Lipinski definition) is 1. The largest absolute Gasteiger partial charge is 0.361 e. The molecule has 0 aromatic carbocycles. The van der Waals surface area contributed by atoms with Crippen LogP contribution in [0.15, 0.2) is 10.7 Å². The third-order valence-electron chi connectivity index (χ3n) is 4.46. The van der Waals surface area contributed by atoms with E-state index in [0.29, 0.717) is 17.0 Å². The van der Waals surface area contributed by atoms with Crippen molar-refractivity contribution in [3.63, 3.8) is 0 Å². The average molecular weight is 378 g/mol. The molecule has 3 rings (SSSR count). The molecule has 146 valence electrons. The van der Waals surface area contributed by atoms with E-state index in [-0.39, 0.29) is 43.1 Å². The molecule has 9 nitrogen and oxygen atoms in total. The van der Waals surface area contributed by atoms with Gasteiger partial charge in [-0.1, -0.05) is 10.4 Å². The number of carbonyl (C=O) groups is 2. The summed E-state index contributed by atoms with van der Waals surface area (Å²) in [5, 5.41) is 14.3. The van der Waals surface area contributed by atoms with Crippen molar-refractivity contribution >= 4 is 11.8 Å². The lowest BCUT2D eigenvalue weighted by Gasteiger charge is -2.24. The first-order valence-electron chi connectivity index (χ1n) is 8.85. The molecule has 2 aromatic rings. The smallest absolute Gasteiger partial charge is 0.273 e. The molecule has 0 aliphatic carbocycles. The van der Waals surface area contributed by atoms with Crippen LogP contribution >= 0.6 is 0 Å². The molecular weight excluding hydrogens is 355 g/mol. The van der Waals surface area contributed by atoms with E-state index in [9.17, 15) is 14.0 Å². The number of hydrogen-bond acceptors (Lipinski definition) is 6. The molecule has 1 aliphatic heterocycles. The molecule has 2 atom stereocenters. The quantitative estimate of drug-likeness (QED) is 0.840. The van der Waals surface area contributed by atoms with Crippen molar-refractivity contribution in [1.82, 2.24) is 30.4 Å². The standard InChI is InChI=1S/C17H23FN6O3/c1-9(2)19-16(25)14-8-23(22-20-14)7-13-5-12(18)6-24(13)17(26)15-10(3)21-27-11(15)4/h8-9,12-13H,5-7H2,1-4H3,(H,19,25)/t12-,13-/m0/s1. The minimum Gasteiger partial charge on any atom is -0.361 e. The number of likely N-dealkylation sites (tertiary alicyclic amines) is 1. The van der Waals surface area contributed by atoms with Crippen LogP contribution in [-0.4, -0.2) is 61.7 Å². The Morgan fingerprint density at radius 2 is 2.15 bits per heavy atom. The Bertz CT molecular complexity index is 826. The van der Waals surface area contributed by atoms with Crippen LogP contribution in [0.5, 0.6) is 0 Å². The average Bonchev–Trinajstić information content (AvgIpc) is 3.27. The van der Waals surface area contributed by atoms with Gasteiger partial charge < -0.3 is 14.7 Å². The maximum Gasteiger partial charge on any atom is 0.273 e. The minimum atomic E-state index is -1.12. The number of aromatic nitrogens is 4. The van der Waals surface area contributed by atoms with Crippen molar-refractivity contribution in [1.29, 1.82) is 0 Å². The van der Waals surface area contributed by atoms with Gasteiger partial charge in [0.1, 0.15) is 17.5 Å². The van der Waals surface area contributed by atoms with Gasteiger partial charge in [0.25, 0.3) is 11.8 Å². The third kappa shape index (κ3) is 3.99. The molecule has 3 heterocycles. The van der Waals surface area contributed by atoms with Crippen molar-refractivity contribution in [3.05, 3.63) is 28.9 Å². The number of halogens is 1. The Labute approximate surface area is 155 Å². The van der Waals surface area contributed by atoms with Crippen molar-refractivity contribution in [2.75, 3.05) is 6.54 Å². The molecule has 0 radical (unpaired) electrons. The molecular formula is C17H23FN6O3. The summed E-state index contributed by atoms with van der Waals surface area (Å²) < 4.78 is 20.6. The van der Waals surface area contributed by atoms with Gasteiger partial charge in [-0.05, 0) is 27.7 Å². The lowest BCUT2D eigenvalue weighted by Crippen LogP contribution is -2.38. The van der Waals surface area contributed by atoms with Crippen LogP contribution in [0, 0.1) is 13.8 Å². The molecule has 1 N–H and O–H groups in total. The fourth-order valence-corrected chi connectivity index (χ4v) is 3.26. The maximum absolute atomic E-state index is 14.1. The molecule has 2 aromatic heterocycles. The summed E-state index contributed by atoms with van der Waals surface area (Å²) in [6.45, 7) is 7.28.